The quantitative estimate of drug-likeness (QED) is 0.218. The Hall–Kier alpha value is -3.73. The van der Waals surface area contributed by atoms with Crippen molar-refractivity contribution in [1.82, 2.24) is 10.2 Å². The normalized spacial score (nSPS) is 17.1. The number of sulfone groups is 1. The van der Waals surface area contributed by atoms with Gasteiger partial charge in [0.25, 0.3) is 5.91 Å². The van der Waals surface area contributed by atoms with Crippen molar-refractivity contribution in [2.45, 2.75) is 44.9 Å². The third kappa shape index (κ3) is 8.15. The first-order chi connectivity index (χ1) is 22.0. The first-order valence-electron chi connectivity index (χ1n) is 15.6. The zero-order chi connectivity index (χ0) is 32.9. The second-order valence-corrected chi connectivity index (χ2v) is 15.1. The van der Waals surface area contributed by atoms with Crippen molar-refractivity contribution in [2.24, 2.45) is 10.6 Å². The topological polar surface area (TPSA) is 108 Å². The maximum Gasteiger partial charge on any atom is 0.255 e. The van der Waals surface area contributed by atoms with Crippen molar-refractivity contribution in [3.8, 4) is 5.75 Å². The lowest BCUT2D eigenvalue weighted by Gasteiger charge is -2.39. The third-order valence-corrected chi connectivity index (χ3v) is 10.5. The van der Waals surface area contributed by atoms with Crippen LogP contribution in [0.2, 0.25) is 5.02 Å². The predicted molar refractivity (Wildman–Crippen MR) is 184 cm³/mol. The van der Waals surface area contributed by atoms with Gasteiger partial charge in [-0.15, -0.1) is 4.91 Å². The second-order valence-electron chi connectivity index (χ2n) is 12.7. The van der Waals surface area contributed by atoms with Gasteiger partial charge < -0.3 is 15.0 Å². The molecule has 0 bridgehead atoms. The zero-order valence-corrected chi connectivity index (χ0v) is 28.2. The summed E-state index contributed by atoms with van der Waals surface area (Å²) in [6.07, 6.45) is 3.33. The third-order valence-electron chi connectivity index (χ3n) is 8.74. The number of nitrogens with one attached hydrogen (secondary N) is 1. The fourth-order valence-electron chi connectivity index (χ4n) is 6.14. The van der Waals surface area contributed by atoms with Gasteiger partial charge in [0, 0.05) is 49.5 Å². The van der Waals surface area contributed by atoms with Crippen molar-refractivity contribution in [1.29, 1.82) is 0 Å². The molecule has 2 aliphatic rings. The van der Waals surface area contributed by atoms with E-state index in [9.17, 15) is 18.1 Å². The molecule has 0 spiro atoms. The Kier molecular flexibility index (Phi) is 10.5. The first kappa shape index (κ1) is 33.6. The number of hydrogen-bond acceptors (Lipinski definition) is 8. The molecule has 0 aromatic heterocycles. The number of piperazine rings is 1. The largest absolute Gasteiger partial charge is 0.493 e. The highest BCUT2D eigenvalue weighted by molar-refractivity contribution is 7.91. The van der Waals surface area contributed by atoms with Gasteiger partial charge in [-0.2, -0.15) is 0 Å². The highest BCUT2D eigenvalue weighted by Gasteiger charge is 2.29. The Morgan fingerprint density at radius 2 is 1.76 bits per heavy atom. The SMILES string of the molecule is CCOc1cc(N2CCN(CC3=C(c4ccc(Cl)cc4)CC(C)(C)CC3)CC2)ccc1C(=O)NCS(=O)(=O)c1cccc(N=O)c1. The fraction of sp³-hybridized carbons (Fsp3) is 0.400. The van der Waals surface area contributed by atoms with E-state index in [1.54, 1.807) is 6.07 Å². The Balaban J connectivity index is 1.24. The van der Waals surface area contributed by atoms with Crippen molar-refractivity contribution in [2.75, 3.05) is 50.1 Å². The molecule has 5 rings (SSSR count). The summed E-state index contributed by atoms with van der Waals surface area (Å²) in [5.41, 5.74) is 5.70. The van der Waals surface area contributed by atoms with Gasteiger partial charge in [0.1, 0.15) is 17.3 Å². The van der Waals surface area contributed by atoms with E-state index < -0.39 is 21.6 Å². The van der Waals surface area contributed by atoms with Gasteiger partial charge in [0.15, 0.2) is 9.84 Å². The van der Waals surface area contributed by atoms with Crippen LogP contribution in [0, 0.1) is 10.3 Å². The molecule has 11 heteroatoms. The smallest absolute Gasteiger partial charge is 0.255 e. The molecular weight excluding hydrogens is 624 g/mol. The van der Waals surface area contributed by atoms with E-state index >= 15 is 0 Å². The van der Waals surface area contributed by atoms with E-state index in [1.165, 1.54) is 47.4 Å². The summed E-state index contributed by atoms with van der Waals surface area (Å²) in [5.74, 6) is -0.794. The van der Waals surface area contributed by atoms with E-state index in [1.807, 2.05) is 31.2 Å². The number of carbonyl (C=O) groups excluding carboxylic acids is 1. The van der Waals surface area contributed by atoms with Gasteiger partial charge in [0.2, 0.25) is 0 Å². The van der Waals surface area contributed by atoms with E-state index in [2.05, 4.69) is 46.3 Å². The summed E-state index contributed by atoms with van der Waals surface area (Å²) in [6, 6.07) is 19.0. The standard InChI is InChI=1S/C35H41ClN4O5S/c1-4-45-33-21-29(12-13-31(33)34(41)37-24-46(43,44)30-7-5-6-28(20-30)38-42)40-18-16-39(17-19-40)23-26-14-15-35(2,3)22-32(26)25-8-10-27(36)11-9-25/h5-13,20-21H,4,14-19,22-24H2,1-3H3,(H,37,41). The van der Waals surface area contributed by atoms with Gasteiger partial charge in [-0.25, -0.2) is 8.42 Å². The molecule has 1 saturated heterocycles. The predicted octanol–water partition coefficient (Wildman–Crippen LogP) is 7.08. The van der Waals surface area contributed by atoms with Gasteiger partial charge in [-0.3, -0.25) is 9.69 Å². The van der Waals surface area contributed by atoms with Crippen molar-refractivity contribution in [3.63, 3.8) is 0 Å². The minimum atomic E-state index is -3.88. The summed E-state index contributed by atoms with van der Waals surface area (Å²) in [5, 5.41) is 6.03. The molecule has 244 valence electrons. The molecule has 1 fully saturated rings. The monoisotopic (exact) mass is 664 g/mol. The Morgan fingerprint density at radius 3 is 2.46 bits per heavy atom. The van der Waals surface area contributed by atoms with Crippen LogP contribution in [-0.4, -0.2) is 64.4 Å². The molecular formula is C35H41ClN4O5S. The molecule has 1 amide bonds. The number of rotatable bonds is 11. The van der Waals surface area contributed by atoms with Crippen LogP contribution in [0.15, 0.2) is 82.4 Å². The van der Waals surface area contributed by atoms with Crippen molar-refractivity contribution >= 4 is 44.3 Å². The Morgan fingerprint density at radius 1 is 1.02 bits per heavy atom. The number of nitroso groups, excluding NO2 is 1. The number of anilines is 1. The van der Waals surface area contributed by atoms with Gasteiger partial charge in [0.05, 0.1) is 17.1 Å². The fourth-order valence-corrected chi connectivity index (χ4v) is 7.34. The summed E-state index contributed by atoms with van der Waals surface area (Å²) in [7, 11) is -3.88. The molecule has 0 radical (unpaired) electrons. The molecule has 0 saturated carbocycles. The average molecular weight is 665 g/mol. The minimum Gasteiger partial charge on any atom is -0.493 e. The molecule has 3 aromatic carbocycles. The number of allylic oxidation sites excluding steroid dienone is 1. The van der Waals surface area contributed by atoms with Crippen LogP contribution in [0.4, 0.5) is 11.4 Å². The van der Waals surface area contributed by atoms with Crippen LogP contribution < -0.4 is 15.0 Å². The van der Waals surface area contributed by atoms with Crippen LogP contribution in [0.25, 0.3) is 5.57 Å². The molecule has 46 heavy (non-hydrogen) atoms. The minimum absolute atomic E-state index is 0.000241. The maximum atomic E-state index is 13.1. The highest BCUT2D eigenvalue weighted by atomic mass is 35.5. The molecule has 0 atom stereocenters. The molecule has 1 N–H and O–H groups in total. The molecule has 1 heterocycles. The summed E-state index contributed by atoms with van der Waals surface area (Å²) >= 11 is 6.19. The van der Waals surface area contributed by atoms with Crippen molar-refractivity contribution in [3.05, 3.63) is 93.4 Å². The van der Waals surface area contributed by atoms with E-state index in [0.29, 0.717) is 12.4 Å². The lowest BCUT2D eigenvalue weighted by atomic mass is 9.72. The Bertz CT molecular complexity index is 1710. The highest BCUT2D eigenvalue weighted by Crippen LogP contribution is 2.43. The van der Waals surface area contributed by atoms with E-state index in [0.717, 1.165) is 56.3 Å². The van der Waals surface area contributed by atoms with Crippen molar-refractivity contribution < 1.29 is 17.9 Å². The number of benzene rings is 3. The van der Waals surface area contributed by atoms with Crippen LogP contribution in [0.5, 0.6) is 5.75 Å². The molecule has 1 aliphatic heterocycles. The molecule has 0 unspecified atom stereocenters. The summed E-state index contributed by atoms with van der Waals surface area (Å²) < 4.78 is 31.4. The molecule has 1 aliphatic carbocycles. The number of halogens is 1. The number of carbonyl (C=O) groups is 1. The number of hydrogen-bond donors (Lipinski definition) is 1. The van der Waals surface area contributed by atoms with Gasteiger partial charge in [-0.05, 0) is 90.4 Å². The molecule has 3 aromatic rings. The Labute approximate surface area is 276 Å². The van der Waals surface area contributed by atoms with Crippen LogP contribution in [0.1, 0.15) is 56.0 Å². The van der Waals surface area contributed by atoms with Gasteiger partial charge in [-0.1, -0.05) is 49.2 Å². The van der Waals surface area contributed by atoms with Crippen LogP contribution >= 0.6 is 11.6 Å². The van der Waals surface area contributed by atoms with E-state index in [4.69, 9.17) is 16.3 Å². The van der Waals surface area contributed by atoms with Gasteiger partial charge >= 0.3 is 0 Å². The number of amides is 1. The first-order valence-corrected chi connectivity index (χ1v) is 17.7. The number of nitrogens with zero attached hydrogens (tertiary/aromatic N) is 3. The van der Waals surface area contributed by atoms with Crippen LogP contribution in [-0.2, 0) is 9.84 Å². The van der Waals surface area contributed by atoms with Crippen LogP contribution in [0.3, 0.4) is 0 Å². The summed E-state index contributed by atoms with van der Waals surface area (Å²) in [6.45, 7) is 11.3. The zero-order valence-electron chi connectivity index (χ0n) is 26.6. The lowest BCUT2D eigenvalue weighted by molar-refractivity contribution is 0.0956. The summed E-state index contributed by atoms with van der Waals surface area (Å²) in [4.78, 5) is 28.6. The maximum absolute atomic E-state index is 13.1. The molecule has 9 nitrogen and oxygen atoms in total. The second kappa shape index (κ2) is 14.4. The average Bonchev–Trinajstić information content (AvgIpc) is 3.05. The lowest BCUT2D eigenvalue weighted by Crippen LogP contribution is -2.47. The number of ether oxygens (including phenoxy) is 1. The van der Waals surface area contributed by atoms with E-state index in [-0.39, 0.29) is 21.6 Å².